The highest BCUT2D eigenvalue weighted by Gasteiger charge is 2.25. The van der Waals surface area contributed by atoms with Crippen molar-refractivity contribution in [1.82, 2.24) is 4.98 Å². The van der Waals surface area contributed by atoms with E-state index in [0.29, 0.717) is 12.4 Å². The van der Waals surface area contributed by atoms with Gasteiger partial charge in [0.15, 0.2) is 0 Å². The van der Waals surface area contributed by atoms with Crippen molar-refractivity contribution in [2.75, 3.05) is 11.9 Å². The van der Waals surface area contributed by atoms with E-state index in [1.54, 1.807) is 20.0 Å². The van der Waals surface area contributed by atoms with Gasteiger partial charge in [-0.2, -0.15) is 0 Å². The molecule has 3 N–H and O–H groups in total. The van der Waals surface area contributed by atoms with Crippen LogP contribution in [0.2, 0.25) is 0 Å². The van der Waals surface area contributed by atoms with Crippen LogP contribution >= 0.6 is 0 Å². The number of aromatic nitrogens is 1. The van der Waals surface area contributed by atoms with Crippen LogP contribution in [0.25, 0.3) is 0 Å². The molecule has 1 aromatic heterocycles. The standard InChI is InChI=1S/C11H17N3O/c1-8-4-5-13-9(6-8)14-10(15)11(2,3)7-12/h4-6H,7,12H2,1-3H3,(H,13,14,15). The van der Waals surface area contributed by atoms with E-state index in [-0.39, 0.29) is 5.91 Å². The van der Waals surface area contributed by atoms with Gasteiger partial charge in [0.05, 0.1) is 5.41 Å². The topological polar surface area (TPSA) is 68.0 Å². The van der Waals surface area contributed by atoms with Crippen LogP contribution < -0.4 is 11.1 Å². The number of aryl methyl sites for hydroxylation is 1. The van der Waals surface area contributed by atoms with E-state index in [1.807, 2.05) is 19.1 Å². The molecule has 0 fully saturated rings. The first-order valence-electron chi connectivity index (χ1n) is 4.90. The molecule has 0 spiro atoms. The summed E-state index contributed by atoms with van der Waals surface area (Å²) in [5, 5.41) is 2.74. The summed E-state index contributed by atoms with van der Waals surface area (Å²) in [6, 6.07) is 3.70. The smallest absolute Gasteiger partial charge is 0.232 e. The summed E-state index contributed by atoms with van der Waals surface area (Å²) in [5.74, 6) is 0.463. The second-order valence-electron chi connectivity index (χ2n) is 4.26. The first kappa shape index (κ1) is 11.7. The van der Waals surface area contributed by atoms with Crippen LogP contribution in [0.4, 0.5) is 5.82 Å². The fraction of sp³-hybridized carbons (Fsp3) is 0.455. The Morgan fingerprint density at radius 1 is 1.60 bits per heavy atom. The van der Waals surface area contributed by atoms with E-state index in [0.717, 1.165) is 5.56 Å². The molecular weight excluding hydrogens is 190 g/mol. The average molecular weight is 207 g/mol. The largest absolute Gasteiger partial charge is 0.329 e. The number of rotatable bonds is 3. The fourth-order valence-electron chi connectivity index (χ4n) is 0.983. The molecule has 0 radical (unpaired) electrons. The molecule has 0 atom stereocenters. The lowest BCUT2D eigenvalue weighted by molar-refractivity contribution is -0.123. The molecule has 4 nitrogen and oxygen atoms in total. The molecule has 82 valence electrons. The van der Waals surface area contributed by atoms with Crippen LogP contribution in [-0.4, -0.2) is 17.4 Å². The predicted molar refractivity (Wildman–Crippen MR) is 60.4 cm³/mol. The minimum absolute atomic E-state index is 0.108. The number of nitrogens with two attached hydrogens (primary N) is 1. The molecular formula is C11H17N3O. The van der Waals surface area contributed by atoms with Gasteiger partial charge < -0.3 is 11.1 Å². The number of amides is 1. The number of pyridine rings is 1. The Bertz CT molecular complexity index is 361. The van der Waals surface area contributed by atoms with Gasteiger partial charge in [0, 0.05) is 12.7 Å². The van der Waals surface area contributed by atoms with E-state index in [9.17, 15) is 4.79 Å². The summed E-state index contributed by atoms with van der Waals surface area (Å²) in [4.78, 5) is 15.8. The molecule has 0 saturated heterocycles. The van der Waals surface area contributed by atoms with E-state index < -0.39 is 5.41 Å². The third-order valence-corrected chi connectivity index (χ3v) is 2.28. The molecule has 0 bridgehead atoms. The van der Waals surface area contributed by atoms with Gasteiger partial charge in [-0.1, -0.05) is 0 Å². The summed E-state index contributed by atoms with van der Waals surface area (Å²) in [6.45, 7) is 5.87. The Kier molecular flexibility index (Phi) is 3.42. The molecule has 15 heavy (non-hydrogen) atoms. The summed E-state index contributed by atoms with van der Waals surface area (Å²) >= 11 is 0. The molecule has 0 aliphatic heterocycles. The molecule has 0 aliphatic carbocycles. The summed E-state index contributed by atoms with van der Waals surface area (Å²) in [6.07, 6.45) is 1.67. The van der Waals surface area contributed by atoms with Crippen LogP contribution in [0.5, 0.6) is 0 Å². The molecule has 0 unspecified atom stereocenters. The van der Waals surface area contributed by atoms with Crippen molar-refractivity contribution in [1.29, 1.82) is 0 Å². The predicted octanol–water partition coefficient (Wildman–Crippen LogP) is 1.31. The highest BCUT2D eigenvalue weighted by Crippen LogP contribution is 2.16. The van der Waals surface area contributed by atoms with Crippen LogP contribution in [0, 0.1) is 12.3 Å². The molecule has 0 aliphatic rings. The Hall–Kier alpha value is -1.42. The first-order chi connectivity index (χ1) is 6.95. The maximum Gasteiger partial charge on any atom is 0.232 e. The molecule has 0 aromatic carbocycles. The van der Waals surface area contributed by atoms with Gasteiger partial charge in [0.2, 0.25) is 5.91 Å². The van der Waals surface area contributed by atoms with Crippen molar-refractivity contribution in [3.8, 4) is 0 Å². The van der Waals surface area contributed by atoms with Crippen molar-refractivity contribution in [2.45, 2.75) is 20.8 Å². The van der Waals surface area contributed by atoms with Gasteiger partial charge in [0.1, 0.15) is 5.82 Å². The molecule has 1 aromatic rings. The molecule has 1 rings (SSSR count). The van der Waals surface area contributed by atoms with Crippen molar-refractivity contribution >= 4 is 11.7 Å². The van der Waals surface area contributed by atoms with E-state index in [2.05, 4.69) is 10.3 Å². The first-order valence-corrected chi connectivity index (χ1v) is 4.90. The Balaban J connectivity index is 2.75. The average Bonchev–Trinajstić information content (AvgIpc) is 2.17. The normalized spacial score (nSPS) is 11.2. The lowest BCUT2D eigenvalue weighted by atomic mass is 9.93. The van der Waals surface area contributed by atoms with Gasteiger partial charge in [0.25, 0.3) is 0 Å². The quantitative estimate of drug-likeness (QED) is 0.785. The molecule has 4 heteroatoms. The van der Waals surface area contributed by atoms with Crippen LogP contribution in [-0.2, 0) is 4.79 Å². The maximum absolute atomic E-state index is 11.7. The van der Waals surface area contributed by atoms with Crippen LogP contribution in [0.1, 0.15) is 19.4 Å². The Morgan fingerprint density at radius 3 is 2.80 bits per heavy atom. The third-order valence-electron chi connectivity index (χ3n) is 2.28. The second kappa shape index (κ2) is 4.40. The summed E-state index contributed by atoms with van der Waals surface area (Å²) < 4.78 is 0. The van der Waals surface area contributed by atoms with Gasteiger partial charge >= 0.3 is 0 Å². The molecule has 0 saturated carbocycles. The third kappa shape index (κ3) is 3.02. The number of hydrogen-bond donors (Lipinski definition) is 2. The lowest BCUT2D eigenvalue weighted by Gasteiger charge is -2.20. The number of nitrogens with one attached hydrogen (secondary N) is 1. The number of carbonyl (C=O) groups is 1. The zero-order valence-corrected chi connectivity index (χ0v) is 9.37. The van der Waals surface area contributed by atoms with Crippen molar-refractivity contribution in [2.24, 2.45) is 11.1 Å². The van der Waals surface area contributed by atoms with Gasteiger partial charge in [-0.05, 0) is 38.5 Å². The van der Waals surface area contributed by atoms with E-state index in [4.69, 9.17) is 5.73 Å². The zero-order chi connectivity index (χ0) is 11.5. The van der Waals surface area contributed by atoms with E-state index >= 15 is 0 Å². The number of hydrogen-bond acceptors (Lipinski definition) is 3. The SMILES string of the molecule is Cc1ccnc(NC(=O)C(C)(C)CN)c1. The van der Waals surface area contributed by atoms with Gasteiger partial charge in [-0.25, -0.2) is 4.98 Å². The van der Waals surface area contributed by atoms with Gasteiger partial charge in [-0.3, -0.25) is 4.79 Å². The summed E-state index contributed by atoms with van der Waals surface area (Å²) in [5.41, 5.74) is 6.01. The molecule has 1 heterocycles. The fourth-order valence-corrected chi connectivity index (χ4v) is 0.983. The zero-order valence-electron chi connectivity index (χ0n) is 9.37. The molecule has 1 amide bonds. The van der Waals surface area contributed by atoms with Crippen molar-refractivity contribution in [3.05, 3.63) is 23.9 Å². The van der Waals surface area contributed by atoms with Crippen molar-refractivity contribution in [3.63, 3.8) is 0 Å². The van der Waals surface area contributed by atoms with Crippen LogP contribution in [0.15, 0.2) is 18.3 Å². The number of anilines is 1. The number of carbonyl (C=O) groups excluding carboxylic acids is 1. The summed E-state index contributed by atoms with van der Waals surface area (Å²) in [7, 11) is 0. The Morgan fingerprint density at radius 2 is 2.27 bits per heavy atom. The lowest BCUT2D eigenvalue weighted by Crippen LogP contribution is -2.37. The minimum Gasteiger partial charge on any atom is -0.329 e. The van der Waals surface area contributed by atoms with E-state index in [1.165, 1.54) is 0 Å². The van der Waals surface area contributed by atoms with Crippen LogP contribution in [0.3, 0.4) is 0 Å². The second-order valence-corrected chi connectivity index (χ2v) is 4.26. The number of nitrogens with zero attached hydrogens (tertiary/aromatic N) is 1. The monoisotopic (exact) mass is 207 g/mol. The highest BCUT2D eigenvalue weighted by atomic mass is 16.2. The highest BCUT2D eigenvalue weighted by molar-refractivity contribution is 5.94. The minimum atomic E-state index is -0.564. The maximum atomic E-state index is 11.7. The van der Waals surface area contributed by atoms with Crippen molar-refractivity contribution < 1.29 is 4.79 Å². The Labute approximate surface area is 89.9 Å². The van der Waals surface area contributed by atoms with Gasteiger partial charge in [-0.15, -0.1) is 0 Å².